The molecule has 2 aromatic heterocycles. The Balaban J connectivity index is 1.80. The van der Waals surface area contributed by atoms with Gasteiger partial charge in [-0.05, 0) is 17.7 Å². The van der Waals surface area contributed by atoms with Gasteiger partial charge in [0, 0.05) is 24.5 Å². The van der Waals surface area contributed by atoms with Crippen LogP contribution in [0.3, 0.4) is 0 Å². The van der Waals surface area contributed by atoms with E-state index in [1.165, 1.54) is 0 Å². The Hall–Kier alpha value is -2.66. The van der Waals surface area contributed by atoms with Crippen molar-refractivity contribution in [1.29, 1.82) is 0 Å². The number of nitrogens with zero attached hydrogens (tertiary/aromatic N) is 2. The lowest BCUT2D eigenvalue weighted by atomic mass is 10.2. The predicted molar refractivity (Wildman–Crippen MR) is 95.0 cm³/mol. The molecule has 23 heavy (non-hydrogen) atoms. The number of aromatic nitrogens is 2. The fourth-order valence-electron chi connectivity index (χ4n) is 2.12. The number of thiazole rings is 1. The van der Waals surface area contributed by atoms with E-state index in [-0.39, 0.29) is 0 Å². The molecule has 1 aromatic carbocycles. The van der Waals surface area contributed by atoms with E-state index in [0.29, 0.717) is 5.75 Å². The lowest BCUT2D eigenvalue weighted by Crippen LogP contribution is -1.89. The van der Waals surface area contributed by atoms with Crippen molar-refractivity contribution in [3.05, 3.63) is 59.4 Å². The van der Waals surface area contributed by atoms with E-state index in [4.69, 9.17) is 9.47 Å². The van der Waals surface area contributed by atoms with Crippen molar-refractivity contribution in [3.63, 3.8) is 0 Å². The molecule has 0 N–H and O–H groups in total. The Morgan fingerprint density at radius 2 is 1.83 bits per heavy atom. The van der Waals surface area contributed by atoms with E-state index in [9.17, 15) is 0 Å². The lowest BCUT2D eigenvalue weighted by molar-refractivity contribution is 0.356. The monoisotopic (exact) mass is 324 g/mol. The first kappa shape index (κ1) is 15.2. The molecule has 0 aliphatic heterocycles. The SMILES string of the molecule is COc1cc2nc(/C=C/C=C/c3cccnc3)sc2cc1OC. The van der Waals surface area contributed by atoms with Crippen LogP contribution in [0.5, 0.6) is 11.5 Å². The quantitative estimate of drug-likeness (QED) is 0.651. The zero-order valence-corrected chi connectivity index (χ0v) is 13.7. The number of benzene rings is 1. The van der Waals surface area contributed by atoms with E-state index >= 15 is 0 Å². The Morgan fingerprint density at radius 3 is 2.57 bits per heavy atom. The van der Waals surface area contributed by atoms with Crippen LogP contribution in [0.4, 0.5) is 0 Å². The molecule has 2 heterocycles. The van der Waals surface area contributed by atoms with Crippen molar-refractivity contribution >= 4 is 33.7 Å². The van der Waals surface area contributed by atoms with Crippen LogP contribution in [0.15, 0.2) is 48.8 Å². The van der Waals surface area contributed by atoms with E-state index in [1.807, 2.05) is 54.8 Å². The summed E-state index contributed by atoms with van der Waals surface area (Å²) in [5.41, 5.74) is 1.97. The van der Waals surface area contributed by atoms with Gasteiger partial charge in [-0.3, -0.25) is 4.98 Å². The molecule has 0 amide bonds. The summed E-state index contributed by atoms with van der Waals surface area (Å²) in [7, 11) is 3.26. The minimum absolute atomic E-state index is 0.692. The summed E-state index contributed by atoms with van der Waals surface area (Å²) in [5.74, 6) is 1.41. The molecule has 4 nitrogen and oxygen atoms in total. The second-order valence-electron chi connectivity index (χ2n) is 4.73. The molecule has 3 rings (SSSR count). The standard InChI is InChI=1S/C18H16N2O2S/c1-21-15-10-14-17(11-16(15)22-2)23-18(20-14)8-4-3-6-13-7-5-9-19-12-13/h3-12H,1-2H3/b6-3+,8-4+. The number of pyridine rings is 1. The highest BCUT2D eigenvalue weighted by Crippen LogP contribution is 2.34. The summed E-state index contributed by atoms with van der Waals surface area (Å²) in [6.07, 6.45) is 11.5. The second kappa shape index (κ2) is 7.07. The highest BCUT2D eigenvalue weighted by atomic mass is 32.1. The number of ether oxygens (including phenoxy) is 2. The van der Waals surface area contributed by atoms with Gasteiger partial charge in [-0.1, -0.05) is 24.3 Å². The molecule has 0 unspecified atom stereocenters. The Kier molecular flexibility index (Phi) is 4.68. The first-order valence-corrected chi connectivity index (χ1v) is 7.89. The first-order valence-electron chi connectivity index (χ1n) is 7.07. The normalized spacial score (nSPS) is 11.6. The molecule has 0 aliphatic rings. The van der Waals surface area contributed by atoms with Gasteiger partial charge >= 0.3 is 0 Å². The predicted octanol–water partition coefficient (Wildman–Crippen LogP) is 4.44. The number of methoxy groups -OCH3 is 2. The Bertz CT molecular complexity index is 813. The largest absolute Gasteiger partial charge is 0.493 e. The highest BCUT2D eigenvalue weighted by Gasteiger charge is 2.09. The van der Waals surface area contributed by atoms with Gasteiger partial charge < -0.3 is 9.47 Å². The molecule has 0 aliphatic carbocycles. The molecule has 0 saturated heterocycles. The average molecular weight is 324 g/mol. The molecule has 0 atom stereocenters. The zero-order chi connectivity index (χ0) is 16.1. The molecular weight excluding hydrogens is 308 g/mol. The molecule has 3 aromatic rings. The summed E-state index contributed by atoms with van der Waals surface area (Å²) in [4.78, 5) is 8.66. The second-order valence-corrected chi connectivity index (χ2v) is 5.79. The van der Waals surface area contributed by atoms with Crippen LogP contribution >= 0.6 is 11.3 Å². The van der Waals surface area contributed by atoms with E-state index in [0.717, 1.165) is 26.5 Å². The van der Waals surface area contributed by atoms with Crippen LogP contribution in [0.1, 0.15) is 10.6 Å². The first-order chi connectivity index (χ1) is 11.3. The Morgan fingerprint density at radius 1 is 1.04 bits per heavy atom. The van der Waals surface area contributed by atoms with E-state index < -0.39 is 0 Å². The topological polar surface area (TPSA) is 44.2 Å². The van der Waals surface area contributed by atoms with Crippen LogP contribution in [-0.4, -0.2) is 24.2 Å². The van der Waals surface area contributed by atoms with Gasteiger partial charge in [0.25, 0.3) is 0 Å². The molecule has 0 saturated carbocycles. The molecule has 0 radical (unpaired) electrons. The molecule has 116 valence electrons. The molecule has 0 fully saturated rings. The van der Waals surface area contributed by atoms with E-state index in [2.05, 4.69) is 9.97 Å². The van der Waals surface area contributed by atoms with Crippen LogP contribution in [0.25, 0.3) is 22.4 Å². The number of hydrogen-bond acceptors (Lipinski definition) is 5. The van der Waals surface area contributed by atoms with Crippen LogP contribution in [-0.2, 0) is 0 Å². The average Bonchev–Trinajstić information content (AvgIpc) is 3.00. The maximum Gasteiger partial charge on any atom is 0.162 e. The maximum atomic E-state index is 5.32. The van der Waals surface area contributed by atoms with Crippen molar-refractivity contribution in [3.8, 4) is 11.5 Å². The van der Waals surface area contributed by atoms with Crippen LogP contribution < -0.4 is 9.47 Å². The van der Waals surface area contributed by atoms with Crippen molar-refractivity contribution in [2.75, 3.05) is 14.2 Å². The molecular formula is C18H16N2O2S. The van der Waals surface area contributed by atoms with Crippen molar-refractivity contribution < 1.29 is 9.47 Å². The summed E-state index contributed by atoms with van der Waals surface area (Å²) in [6, 6.07) is 7.77. The van der Waals surface area contributed by atoms with Crippen molar-refractivity contribution in [2.24, 2.45) is 0 Å². The fourth-order valence-corrected chi connectivity index (χ4v) is 3.01. The zero-order valence-electron chi connectivity index (χ0n) is 12.9. The molecule has 5 heteroatoms. The van der Waals surface area contributed by atoms with Gasteiger partial charge in [-0.15, -0.1) is 11.3 Å². The fraction of sp³-hybridized carbons (Fsp3) is 0.111. The number of fused-ring (bicyclic) bond motifs is 1. The molecule has 0 bridgehead atoms. The summed E-state index contributed by atoms with van der Waals surface area (Å²) in [6.45, 7) is 0. The lowest BCUT2D eigenvalue weighted by Gasteiger charge is -2.05. The third kappa shape index (κ3) is 3.57. The van der Waals surface area contributed by atoms with Crippen LogP contribution in [0, 0.1) is 0 Å². The minimum atomic E-state index is 0.692. The van der Waals surface area contributed by atoms with Gasteiger partial charge in [-0.25, -0.2) is 4.98 Å². The van der Waals surface area contributed by atoms with Gasteiger partial charge in [0.15, 0.2) is 11.5 Å². The summed E-state index contributed by atoms with van der Waals surface area (Å²) in [5, 5.41) is 0.936. The number of hydrogen-bond donors (Lipinski definition) is 0. The van der Waals surface area contributed by atoms with Gasteiger partial charge in [-0.2, -0.15) is 0 Å². The van der Waals surface area contributed by atoms with Crippen molar-refractivity contribution in [1.82, 2.24) is 9.97 Å². The smallest absolute Gasteiger partial charge is 0.162 e. The van der Waals surface area contributed by atoms with Crippen molar-refractivity contribution in [2.45, 2.75) is 0 Å². The number of rotatable bonds is 5. The van der Waals surface area contributed by atoms with Gasteiger partial charge in [0.05, 0.1) is 24.4 Å². The number of allylic oxidation sites excluding steroid dienone is 2. The highest BCUT2D eigenvalue weighted by molar-refractivity contribution is 7.19. The van der Waals surface area contributed by atoms with Gasteiger partial charge in [0.2, 0.25) is 0 Å². The summed E-state index contributed by atoms with van der Waals surface area (Å²) < 4.78 is 11.7. The van der Waals surface area contributed by atoms with Gasteiger partial charge in [0.1, 0.15) is 5.01 Å². The third-order valence-corrected chi connectivity index (χ3v) is 4.22. The summed E-state index contributed by atoms with van der Waals surface area (Å²) >= 11 is 1.61. The third-order valence-electron chi connectivity index (χ3n) is 3.23. The maximum absolute atomic E-state index is 5.32. The van der Waals surface area contributed by atoms with Crippen LogP contribution in [0.2, 0.25) is 0 Å². The Labute approximate surface area is 138 Å². The molecule has 0 spiro atoms. The van der Waals surface area contributed by atoms with E-state index in [1.54, 1.807) is 31.8 Å². The minimum Gasteiger partial charge on any atom is -0.493 e.